The Balaban J connectivity index is 1.32. The Morgan fingerprint density at radius 3 is 2.66 bits per heavy atom. The van der Waals surface area contributed by atoms with Gasteiger partial charge in [-0.25, -0.2) is 4.79 Å². The Kier molecular flexibility index (Phi) is 5.38. The van der Waals surface area contributed by atoms with Crippen molar-refractivity contribution in [1.29, 1.82) is 0 Å². The van der Waals surface area contributed by atoms with Crippen molar-refractivity contribution in [2.24, 2.45) is 0 Å². The number of ether oxygens (including phenoxy) is 3. The number of hydrogen-bond acceptors (Lipinski definition) is 7. The van der Waals surface area contributed by atoms with E-state index < -0.39 is 5.97 Å². The summed E-state index contributed by atoms with van der Waals surface area (Å²) in [7, 11) is 1.57. The van der Waals surface area contributed by atoms with E-state index in [0.717, 1.165) is 10.8 Å². The van der Waals surface area contributed by atoms with E-state index in [1.807, 2.05) is 60.7 Å². The van der Waals surface area contributed by atoms with E-state index in [-0.39, 0.29) is 19.1 Å². The van der Waals surface area contributed by atoms with Gasteiger partial charge in [0.05, 0.1) is 12.7 Å². The highest BCUT2D eigenvalue weighted by molar-refractivity contribution is 5.83. The third kappa shape index (κ3) is 4.35. The molecule has 0 N–H and O–H groups in total. The Morgan fingerprint density at radius 2 is 1.79 bits per heavy atom. The van der Waals surface area contributed by atoms with Crippen molar-refractivity contribution in [1.82, 2.24) is 10.1 Å². The summed E-state index contributed by atoms with van der Waals surface area (Å²) >= 11 is 0. The minimum atomic E-state index is -0.532. The topological polar surface area (TPSA) is 83.7 Å². The zero-order chi connectivity index (χ0) is 20.1. The lowest BCUT2D eigenvalue weighted by atomic mass is 10.1. The van der Waals surface area contributed by atoms with E-state index in [4.69, 9.17) is 18.7 Å². The lowest BCUT2D eigenvalue weighted by Gasteiger charge is -2.07. The third-order valence-electron chi connectivity index (χ3n) is 4.25. The highest BCUT2D eigenvalue weighted by atomic mass is 16.6. The molecule has 3 aromatic carbocycles. The number of para-hydroxylation sites is 1. The number of carbonyl (C=O) groups excluding carboxylic acids is 1. The van der Waals surface area contributed by atoms with Gasteiger partial charge < -0.3 is 18.7 Å². The Bertz CT molecular complexity index is 1140. The van der Waals surface area contributed by atoms with Gasteiger partial charge in [-0.1, -0.05) is 47.6 Å². The quantitative estimate of drug-likeness (QED) is 0.441. The molecule has 7 heteroatoms. The van der Waals surface area contributed by atoms with Crippen LogP contribution in [-0.4, -0.2) is 29.8 Å². The summed E-state index contributed by atoms with van der Waals surface area (Å²) in [6, 6.07) is 20.8. The molecule has 1 aromatic heterocycles. The fraction of sp³-hybridized carbons (Fsp3) is 0.136. The lowest BCUT2D eigenvalue weighted by Crippen LogP contribution is -2.14. The molecule has 0 unspecified atom stereocenters. The SMILES string of the molecule is COc1ccccc1-c1noc(COC(=O)COc2ccc3ccccc3c2)n1. The maximum absolute atomic E-state index is 12.0. The molecule has 0 bridgehead atoms. The van der Waals surface area contributed by atoms with Crippen molar-refractivity contribution >= 4 is 16.7 Å². The predicted molar refractivity (Wildman–Crippen MR) is 106 cm³/mol. The van der Waals surface area contributed by atoms with Crippen LogP contribution in [0, 0.1) is 0 Å². The van der Waals surface area contributed by atoms with Gasteiger partial charge in [-0.3, -0.25) is 0 Å². The molecular weight excluding hydrogens is 372 g/mol. The summed E-state index contributed by atoms with van der Waals surface area (Å²) in [5, 5.41) is 6.04. The van der Waals surface area contributed by atoms with E-state index in [9.17, 15) is 4.79 Å². The van der Waals surface area contributed by atoms with Crippen LogP contribution in [0.1, 0.15) is 5.89 Å². The summed E-state index contributed by atoms with van der Waals surface area (Å²) in [6.07, 6.45) is 0. The second kappa shape index (κ2) is 8.43. The van der Waals surface area contributed by atoms with Crippen LogP contribution in [0.5, 0.6) is 11.5 Å². The second-order valence-electron chi connectivity index (χ2n) is 6.17. The number of rotatable bonds is 7. The third-order valence-corrected chi connectivity index (χ3v) is 4.25. The molecule has 0 spiro atoms. The first-order valence-corrected chi connectivity index (χ1v) is 8.96. The average molecular weight is 390 g/mol. The van der Waals surface area contributed by atoms with Crippen LogP contribution < -0.4 is 9.47 Å². The molecule has 0 saturated heterocycles. The number of nitrogens with zero attached hydrogens (tertiary/aromatic N) is 2. The standard InChI is InChI=1S/C22H18N2O5/c1-26-19-9-5-4-8-18(19)22-23-20(29-24-22)13-28-21(25)14-27-17-11-10-15-6-2-3-7-16(15)12-17/h2-12H,13-14H2,1H3. The summed E-state index contributed by atoms with van der Waals surface area (Å²) in [5.41, 5.74) is 0.691. The molecule has 0 atom stereocenters. The Morgan fingerprint density at radius 1 is 1.00 bits per heavy atom. The van der Waals surface area contributed by atoms with Crippen LogP contribution in [0.2, 0.25) is 0 Å². The van der Waals surface area contributed by atoms with Crippen molar-refractivity contribution in [2.45, 2.75) is 6.61 Å². The van der Waals surface area contributed by atoms with Crippen molar-refractivity contribution in [3.05, 3.63) is 72.6 Å². The Labute approximate surface area is 166 Å². The smallest absolute Gasteiger partial charge is 0.344 e. The van der Waals surface area contributed by atoms with E-state index in [1.54, 1.807) is 13.2 Å². The van der Waals surface area contributed by atoms with Crippen LogP contribution >= 0.6 is 0 Å². The zero-order valence-electron chi connectivity index (χ0n) is 15.7. The first-order valence-electron chi connectivity index (χ1n) is 8.96. The largest absolute Gasteiger partial charge is 0.496 e. The number of benzene rings is 3. The molecule has 0 fully saturated rings. The molecular formula is C22H18N2O5. The van der Waals surface area contributed by atoms with Gasteiger partial charge in [0, 0.05) is 0 Å². The van der Waals surface area contributed by atoms with Crippen LogP contribution in [0.25, 0.3) is 22.2 Å². The summed E-state index contributed by atoms with van der Waals surface area (Å²) in [4.78, 5) is 16.2. The average Bonchev–Trinajstić information content (AvgIpc) is 3.25. The number of methoxy groups -OCH3 is 1. The fourth-order valence-corrected chi connectivity index (χ4v) is 2.84. The lowest BCUT2D eigenvalue weighted by molar-refractivity contribution is -0.148. The first kappa shape index (κ1) is 18.5. The second-order valence-corrected chi connectivity index (χ2v) is 6.17. The molecule has 0 amide bonds. The monoisotopic (exact) mass is 390 g/mol. The molecule has 7 nitrogen and oxygen atoms in total. The van der Waals surface area contributed by atoms with Gasteiger partial charge in [0.25, 0.3) is 5.89 Å². The number of fused-ring (bicyclic) bond motifs is 1. The minimum Gasteiger partial charge on any atom is -0.496 e. The van der Waals surface area contributed by atoms with Crippen molar-refractivity contribution < 1.29 is 23.5 Å². The van der Waals surface area contributed by atoms with E-state index >= 15 is 0 Å². The molecule has 0 saturated carbocycles. The van der Waals surface area contributed by atoms with Gasteiger partial charge in [-0.2, -0.15) is 4.98 Å². The van der Waals surface area contributed by atoms with E-state index in [0.29, 0.717) is 22.9 Å². The molecule has 0 radical (unpaired) electrons. The van der Waals surface area contributed by atoms with Gasteiger partial charge in [0.2, 0.25) is 5.82 Å². The van der Waals surface area contributed by atoms with Gasteiger partial charge in [-0.15, -0.1) is 0 Å². The van der Waals surface area contributed by atoms with Crippen molar-refractivity contribution in [3.8, 4) is 22.9 Å². The summed E-state index contributed by atoms with van der Waals surface area (Å²) < 4.78 is 21.1. The van der Waals surface area contributed by atoms with Crippen molar-refractivity contribution in [3.63, 3.8) is 0 Å². The van der Waals surface area contributed by atoms with Gasteiger partial charge in [-0.05, 0) is 35.0 Å². The van der Waals surface area contributed by atoms with Crippen molar-refractivity contribution in [2.75, 3.05) is 13.7 Å². The van der Waals surface area contributed by atoms with E-state index in [1.165, 1.54) is 0 Å². The van der Waals surface area contributed by atoms with E-state index in [2.05, 4.69) is 10.1 Å². The number of esters is 1. The number of aromatic nitrogens is 2. The number of carbonyl (C=O) groups is 1. The van der Waals surface area contributed by atoms with Gasteiger partial charge in [0.15, 0.2) is 13.2 Å². The molecule has 0 aliphatic carbocycles. The van der Waals surface area contributed by atoms with Crippen LogP contribution in [0.4, 0.5) is 0 Å². The molecule has 4 aromatic rings. The maximum atomic E-state index is 12.0. The highest BCUT2D eigenvalue weighted by Crippen LogP contribution is 2.27. The van der Waals surface area contributed by atoms with Gasteiger partial charge >= 0.3 is 5.97 Å². The maximum Gasteiger partial charge on any atom is 0.344 e. The number of hydrogen-bond donors (Lipinski definition) is 0. The van der Waals surface area contributed by atoms with Gasteiger partial charge in [0.1, 0.15) is 11.5 Å². The molecule has 1 heterocycles. The normalized spacial score (nSPS) is 10.7. The molecule has 29 heavy (non-hydrogen) atoms. The predicted octanol–water partition coefficient (Wildman–Crippen LogP) is 4.02. The van der Waals surface area contributed by atoms with Crippen LogP contribution in [-0.2, 0) is 16.1 Å². The summed E-state index contributed by atoms with van der Waals surface area (Å²) in [6.45, 7) is -0.353. The minimum absolute atomic E-state index is 0.137. The Hall–Kier alpha value is -3.87. The molecule has 0 aliphatic heterocycles. The zero-order valence-corrected chi connectivity index (χ0v) is 15.7. The summed E-state index contributed by atoms with van der Waals surface area (Å²) in [5.74, 6) is 1.23. The molecule has 4 rings (SSSR count). The fourth-order valence-electron chi connectivity index (χ4n) is 2.84. The molecule has 146 valence electrons. The van der Waals surface area contributed by atoms with Crippen LogP contribution in [0.15, 0.2) is 71.3 Å². The van der Waals surface area contributed by atoms with Crippen LogP contribution in [0.3, 0.4) is 0 Å². The molecule has 0 aliphatic rings. The first-order chi connectivity index (χ1) is 14.2. The highest BCUT2D eigenvalue weighted by Gasteiger charge is 2.14.